The van der Waals surface area contributed by atoms with E-state index in [0.717, 1.165) is 10.0 Å². The first kappa shape index (κ1) is 11.1. The van der Waals surface area contributed by atoms with Crippen LogP contribution in [-0.4, -0.2) is 11.9 Å². The molecular weight excluding hydrogens is 270 g/mol. The number of amides is 1. The van der Waals surface area contributed by atoms with E-state index >= 15 is 0 Å². The lowest BCUT2D eigenvalue weighted by molar-refractivity contribution is -0.121. The molecule has 0 unspecified atom stereocenters. The molecule has 1 heterocycles. The van der Waals surface area contributed by atoms with Crippen molar-refractivity contribution >= 4 is 27.8 Å². The molecule has 0 spiro atoms. The molecule has 16 heavy (non-hydrogen) atoms. The zero-order valence-corrected chi connectivity index (χ0v) is 10.4. The molecule has 0 aromatic heterocycles. The molecule has 0 fully saturated rings. The molecule has 3 N–H and O–H groups in total. The summed E-state index contributed by atoms with van der Waals surface area (Å²) >= 11 is 3.40. The third kappa shape index (κ3) is 2.09. The molecule has 1 amide bonds. The van der Waals surface area contributed by atoms with Gasteiger partial charge in [-0.05, 0) is 24.6 Å². The van der Waals surface area contributed by atoms with Crippen molar-refractivity contribution in [2.75, 3.05) is 0 Å². The topological polar surface area (TPSA) is 67.5 Å². The zero-order valence-electron chi connectivity index (χ0n) is 8.83. The summed E-state index contributed by atoms with van der Waals surface area (Å²) in [4.78, 5) is 15.8. The minimum atomic E-state index is -0.573. The highest BCUT2D eigenvalue weighted by Crippen LogP contribution is 2.32. The van der Waals surface area contributed by atoms with Crippen LogP contribution in [0, 0.1) is 0 Å². The fraction of sp³-hybridized carbons (Fsp3) is 0.273. The molecule has 4 nitrogen and oxygen atoms in total. The maximum Gasteiger partial charge on any atom is 0.229 e. The van der Waals surface area contributed by atoms with Crippen molar-refractivity contribution in [1.29, 1.82) is 0 Å². The highest BCUT2D eigenvalue weighted by Gasteiger charge is 2.33. The molecule has 84 valence electrons. The van der Waals surface area contributed by atoms with Gasteiger partial charge in [-0.1, -0.05) is 28.1 Å². The van der Waals surface area contributed by atoms with Crippen LogP contribution in [0.4, 0.5) is 0 Å². The molecule has 0 aliphatic carbocycles. The molecule has 1 aromatic carbocycles. The number of nitrogens with zero attached hydrogens (tertiary/aromatic N) is 1. The van der Waals surface area contributed by atoms with Gasteiger partial charge in [0.25, 0.3) is 0 Å². The summed E-state index contributed by atoms with van der Waals surface area (Å²) in [6, 6.07) is 7.75. The van der Waals surface area contributed by atoms with E-state index in [9.17, 15) is 4.79 Å². The molecule has 0 bridgehead atoms. The van der Waals surface area contributed by atoms with Gasteiger partial charge in [-0.15, -0.1) is 0 Å². The van der Waals surface area contributed by atoms with Crippen molar-refractivity contribution in [3.63, 3.8) is 0 Å². The summed E-state index contributed by atoms with van der Waals surface area (Å²) in [7, 11) is 0. The standard InChI is InChI=1S/C11H12BrN3O/c1-11(6-9(16)14-10(13)15-11)7-3-2-4-8(12)5-7/h2-5H,6H2,1H3,(H3,13,14,15,16)/t11-/m1/s1. The third-order valence-corrected chi connectivity index (χ3v) is 3.08. The normalized spacial score (nSPS) is 24.9. The van der Waals surface area contributed by atoms with Crippen molar-refractivity contribution in [2.24, 2.45) is 10.7 Å². The van der Waals surface area contributed by atoms with Gasteiger partial charge >= 0.3 is 0 Å². The molecule has 1 atom stereocenters. The van der Waals surface area contributed by atoms with Gasteiger partial charge in [0.2, 0.25) is 5.91 Å². The van der Waals surface area contributed by atoms with Gasteiger partial charge in [0.1, 0.15) is 0 Å². The van der Waals surface area contributed by atoms with Crippen molar-refractivity contribution in [2.45, 2.75) is 18.9 Å². The summed E-state index contributed by atoms with van der Waals surface area (Å²) < 4.78 is 0.964. The Kier molecular flexibility index (Phi) is 2.71. The maximum absolute atomic E-state index is 11.5. The Hall–Kier alpha value is -1.36. The molecule has 0 saturated heterocycles. The molecule has 1 aromatic rings. The fourth-order valence-electron chi connectivity index (χ4n) is 1.82. The lowest BCUT2D eigenvalue weighted by atomic mass is 9.88. The van der Waals surface area contributed by atoms with Gasteiger partial charge in [0.05, 0.1) is 12.0 Å². The average molecular weight is 282 g/mol. The van der Waals surface area contributed by atoms with Crippen LogP contribution in [0.3, 0.4) is 0 Å². The molecule has 1 aliphatic rings. The van der Waals surface area contributed by atoms with Crippen LogP contribution < -0.4 is 11.1 Å². The van der Waals surface area contributed by atoms with Crippen LogP contribution in [0.1, 0.15) is 18.9 Å². The van der Waals surface area contributed by atoms with Crippen molar-refractivity contribution in [3.05, 3.63) is 34.3 Å². The van der Waals surface area contributed by atoms with Gasteiger partial charge < -0.3 is 5.73 Å². The van der Waals surface area contributed by atoms with E-state index in [1.807, 2.05) is 31.2 Å². The van der Waals surface area contributed by atoms with Crippen LogP contribution in [-0.2, 0) is 10.3 Å². The Labute approximate surface area is 102 Å². The number of nitrogens with two attached hydrogens (primary N) is 1. The molecule has 1 aliphatic heterocycles. The Morgan fingerprint density at radius 1 is 1.56 bits per heavy atom. The molecular formula is C11H12BrN3O. The number of benzene rings is 1. The van der Waals surface area contributed by atoms with Crippen molar-refractivity contribution in [3.8, 4) is 0 Å². The lowest BCUT2D eigenvalue weighted by Crippen LogP contribution is -2.46. The number of carbonyl (C=O) groups is 1. The van der Waals surface area contributed by atoms with E-state index in [0.29, 0.717) is 6.42 Å². The number of hydrogen-bond acceptors (Lipinski definition) is 3. The number of halogens is 1. The highest BCUT2D eigenvalue weighted by atomic mass is 79.9. The monoisotopic (exact) mass is 281 g/mol. The number of guanidine groups is 1. The molecule has 2 rings (SSSR count). The lowest BCUT2D eigenvalue weighted by Gasteiger charge is -2.29. The van der Waals surface area contributed by atoms with Crippen LogP contribution in [0.15, 0.2) is 33.7 Å². The Balaban J connectivity index is 2.46. The van der Waals surface area contributed by atoms with Gasteiger partial charge in [0.15, 0.2) is 5.96 Å². The van der Waals surface area contributed by atoms with Gasteiger partial charge in [0, 0.05) is 4.47 Å². The highest BCUT2D eigenvalue weighted by molar-refractivity contribution is 9.10. The predicted molar refractivity (Wildman–Crippen MR) is 65.9 cm³/mol. The van der Waals surface area contributed by atoms with Crippen LogP contribution >= 0.6 is 15.9 Å². The summed E-state index contributed by atoms with van der Waals surface area (Å²) in [6.07, 6.45) is 0.310. The zero-order chi connectivity index (χ0) is 11.8. The third-order valence-electron chi connectivity index (χ3n) is 2.59. The van der Waals surface area contributed by atoms with Gasteiger partial charge in [-0.3, -0.25) is 10.1 Å². The summed E-state index contributed by atoms with van der Waals surface area (Å²) in [5.74, 6) is 0.0775. The second kappa shape index (κ2) is 3.90. The van der Waals surface area contributed by atoms with E-state index in [2.05, 4.69) is 26.2 Å². The first-order valence-corrected chi connectivity index (χ1v) is 5.70. The first-order valence-electron chi connectivity index (χ1n) is 4.91. The number of nitrogens with one attached hydrogen (secondary N) is 1. The predicted octanol–water partition coefficient (Wildman–Crippen LogP) is 1.50. The fourth-order valence-corrected chi connectivity index (χ4v) is 2.22. The number of rotatable bonds is 1. The second-order valence-corrected chi connectivity index (χ2v) is 4.92. The van der Waals surface area contributed by atoms with E-state index in [4.69, 9.17) is 5.73 Å². The number of aliphatic imine (C=N–C) groups is 1. The molecule has 0 radical (unpaired) electrons. The second-order valence-electron chi connectivity index (χ2n) is 4.01. The quantitative estimate of drug-likeness (QED) is 0.819. The van der Waals surface area contributed by atoms with Crippen molar-refractivity contribution < 1.29 is 4.79 Å². The summed E-state index contributed by atoms with van der Waals surface area (Å²) in [6.45, 7) is 1.90. The Morgan fingerprint density at radius 3 is 2.94 bits per heavy atom. The summed E-state index contributed by atoms with van der Waals surface area (Å²) in [5, 5.41) is 2.50. The largest absolute Gasteiger partial charge is 0.370 e. The Bertz CT molecular complexity index is 472. The first-order chi connectivity index (χ1) is 7.49. The molecule has 0 saturated carbocycles. The van der Waals surface area contributed by atoms with Crippen LogP contribution in [0.25, 0.3) is 0 Å². The van der Waals surface area contributed by atoms with Crippen molar-refractivity contribution in [1.82, 2.24) is 5.32 Å². The number of hydrogen-bond donors (Lipinski definition) is 2. The SMILES string of the molecule is C[C@]1(c2cccc(Br)c2)CC(=O)NC(N)=N1. The van der Waals surface area contributed by atoms with E-state index in [1.54, 1.807) is 0 Å². The minimum Gasteiger partial charge on any atom is -0.370 e. The Morgan fingerprint density at radius 2 is 2.31 bits per heavy atom. The van der Waals surface area contributed by atoms with E-state index in [-0.39, 0.29) is 11.9 Å². The molecule has 5 heteroatoms. The smallest absolute Gasteiger partial charge is 0.229 e. The maximum atomic E-state index is 11.5. The number of carbonyl (C=O) groups excluding carboxylic acids is 1. The minimum absolute atomic E-state index is 0.102. The van der Waals surface area contributed by atoms with Gasteiger partial charge in [-0.25, -0.2) is 4.99 Å². The van der Waals surface area contributed by atoms with Crippen LogP contribution in [0.2, 0.25) is 0 Å². The van der Waals surface area contributed by atoms with Gasteiger partial charge in [-0.2, -0.15) is 0 Å². The average Bonchev–Trinajstić information content (AvgIpc) is 2.15. The van der Waals surface area contributed by atoms with Crippen LogP contribution in [0.5, 0.6) is 0 Å². The summed E-state index contributed by atoms with van der Waals surface area (Å²) in [5.41, 5.74) is 5.98. The van der Waals surface area contributed by atoms with E-state index < -0.39 is 5.54 Å². The van der Waals surface area contributed by atoms with E-state index in [1.165, 1.54) is 0 Å².